The van der Waals surface area contributed by atoms with Crippen LogP contribution in [-0.4, -0.2) is 47.3 Å². The van der Waals surface area contributed by atoms with E-state index in [1.807, 2.05) is 35.2 Å². The van der Waals surface area contributed by atoms with Crippen LogP contribution in [0.15, 0.2) is 46.9 Å². The summed E-state index contributed by atoms with van der Waals surface area (Å²) < 4.78 is 4.90. The largest absolute Gasteiger partial charge is 0.433 e. The van der Waals surface area contributed by atoms with Gasteiger partial charge in [0.05, 0.1) is 12.6 Å². The Morgan fingerprint density at radius 3 is 2.48 bits per heavy atom. The molecule has 2 N–H and O–H groups in total. The molecule has 0 aliphatic carbocycles. The lowest BCUT2D eigenvalue weighted by molar-refractivity contribution is -0.402. The summed E-state index contributed by atoms with van der Waals surface area (Å²) in [5.41, 5.74) is 0.761. The summed E-state index contributed by atoms with van der Waals surface area (Å²) in [5.74, 6) is -1.08. The lowest BCUT2D eigenvalue weighted by Gasteiger charge is -2.31. The molecule has 142 valence electrons. The van der Waals surface area contributed by atoms with E-state index in [2.05, 4.69) is 10.6 Å². The van der Waals surface area contributed by atoms with Gasteiger partial charge < -0.3 is 15.1 Å². The van der Waals surface area contributed by atoms with E-state index < -0.39 is 16.7 Å². The maximum absolute atomic E-state index is 12.1. The fraction of sp³-hybridized carbons (Fsp3) is 0.333. The standard InChI is InChI=1S/C18H20N4O5/c23-16(19-13-4-2-1-3-5-13)12-21-10-8-14(9-11-21)20-18(24)15-6-7-17(27-15)22(25)26/h1-7,14H,8-12H2,(H,19,23)(H,20,24). The van der Waals surface area contributed by atoms with Crippen molar-refractivity contribution in [2.75, 3.05) is 25.0 Å². The smallest absolute Gasteiger partial charge is 0.395 e. The van der Waals surface area contributed by atoms with Gasteiger partial charge in [-0.2, -0.15) is 0 Å². The number of hydrogen-bond acceptors (Lipinski definition) is 6. The van der Waals surface area contributed by atoms with Gasteiger partial charge in [0.15, 0.2) is 5.76 Å². The van der Waals surface area contributed by atoms with Crippen molar-refractivity contribution in [3.05, 3.63) is 58.3 Å². The van der Waals surface area contributed by atoms with Crippen LogP contribution in [0.3, 0.4) is 0 Å². The van der Waals surface area contributed by atoms with Gasteiger partial charge in [-0.1, -0.05) is 18.2 Å². The van der Waals surface area contributed by atoms with Crippen molar-refractivity contribution in [2.45, 2.75) is 18.9 Å². The van der Waals surface area contributed by atoms with Gasteiger partial charge in [0.1, 0.15) is 4.92 Å². The predicted octanol–water partition coefficient (Wildman–Crippen LogP) is 2.02. The van der Waals surface area contributed by atoms with E-state index in [0.29, 0.717) is 32.5 Å². The van der Waals surface area contributed by atoms with Crippen LogP contribution in [0.1, 0.15) is 23.4 Å². The number of para-hydroxylation sites is 1. The van der Waals surface area contributed by atoms with Gasteiger partial charge in [0.2, 0.25) is 5.91 Å². The van der Waals surface area contributed by atoms with Crippen LogP contribution in [0.4, 0.5) is 11.6 Å². The van der Waals surface area contributed by atoms with Crippen molar-refractivity contribution in [1.29, 1.82) is 0 Å². The molecule has 1 fully saturated rings. The Bertz CT molecular complexity index is 812. The average molecular weight is 372 g/mol. The number of nitrogens with one attached hydrogen (secondary N) is 2. The van der Waals surface area contributed by atoms with E-state index in [1.165, 1.54) is 6.07 Å². The zero-order valence-electron chi connectivity index (χ0n) is 14.6. The highest BCUT2D eigenvalue weighted by Crippen LogP contribution is 2.17. The molecule has 0 bridgehead atoms. The van der Waals surface area contributed by atoms with Crippen LogP contribution in [0.2, 0.25) is 0 Å². The maximum atomic E-state index is 12.1. The van der Waals surface area contributed by atoms with Crippen LogP contribution in [0, 0.1) is 10.1 Å². The molecular formula is C18H20N4O5. The van der Waals surface area contributed by atoms with Gasteiger partial charge in [0.25, 0.3) is 5.91 Å². The number of carbonyl (C=O) groups is 2. The molecule has 0 atom stereocenters. The van der Waals surface area contributed by atoms with Gasteiger partial charge >= 0.3 is 5.88 Å². The van der Waals surface area contributed by atoms with E-state index in [4.69, 9.17) is 4.42 Å². The number of furan rings is 1. The number of carbonyl (C=O) groups excluding carboxylic acids is 2. The summed E-state index contributed by atoms with van der Waals surface area (Å²) in [6, 6.07) is 11.6. The number of hydrogen-bond donors (Lipinski definition) is 2. The molecule has 0 radical (unpaired) electrons. The molecule has 1 saturated heterocycles. The molecule has 0 spiro atoms. The fourth-order valence-corrected chi connectivity index (χ4v) is 2.96. The summed E-state index contributed by atoms with van der Waals surface area (Å²) in [5, 5.41) is 16.3. The maximum Gasteiger partial charge on any atom is 0.433 e. The SMILES string of the molecule is O=C(CN1CCC(NC(=O)c2ccc([N+](=O)[O-])o2)CC1)Nc1ccccc1. The number of likely N-dealkylation sites (tertiary alicyclic amines) is 1. The van der Waals surface area contributed by atoms with E-state index in [9.17, 15) is 19.7 Å². The van der Waals surface area contributed by atoms with Crippen LogP contribution >= 0.6 is 0 Å². The number of rotatable bonds is 6. The lowest BCUT2D eigenvalue weighted by atomic mass is 10.0. The van der Waals surface area contributed by atoms with Crippen molar-refractivity contribution in [3.63, 3.8) is 0 Å². The Morgan fingerprint density at radius 1 is 1.15 bits per heavy atom. The third-order valence-corrected chi connectivity index (χ3v) is 4.34. The Morgan fingerprint density at radius 2 is 1.85 bits per heavy atom. The average Bonchev–Trinajstić information content (AvgIpc) is 3.15. The van der Waals surface area contributed by atoms with Gasteiger partial charge in [-0.25, -0.2) is 0 Å². The number of piperidine rings is 1. The molecule has 3 rings (SSSR count). The first-order valence-electron chi connectivity index (χ1n) is 8.63. The Kier molecular flexibility index (Phi) is 5.82. The molecule has 1 aliphatic rings. The molecule has 9 heteroatoms. The number of nitrogens with zero attached hydrogens (tertiary/aromatic N) is 2. The molecule has 9 nitrogen and oxygen atoms in total. The van der Waals surface area contributed by atoms with Crippen LogP contribution < -0.4 is 10.6 Å². The normalized spacial score (nSPS) is 15.3. The monoisotopic (exact) mass is 372 g/mol. The summed E-state index contributed by atoms with van der Waals surface area (Å²) in [4.78, 5) is 36.1. The highest BCUT2D eigenvalue weighted by atomic mass is 16.6. The van der Waals surface area contributed by atoms with Gasteiger partial charge in [-0.15, -0.1) is 0 Å². The molecule has 0 saturated carbocycles. The van der Waals surface area contributed by atoms with Crippen LogP contribution in [0.5, 0.6) is 0 Å². The Balaban J connectivity index is 1.42. The fourth-order valence-electron chi connectivity index (χ4n) is 2.96. The highest BCUT2D eigenvalue weighted by Gasteiger charge is 2.24. The summed E-state index contributed by atoms with van der Waals surface area (Å²) in [6.45, 7) is 1.64. The Hall–Kier alpha value is -3.20. The summed E-state index contributed by atoms with van der Waals surface area (Å²) in [6.07, 6.45) is 1.38. The zero-order chi connectivity index (χ0) is 19.2. The van der Waals surface area contributed by atoms with Gasteiger partial charge in [0, 0.05) is 24.8 Å². The van der Waals surface area contributed by atoms with E-state index in [0.717, 1.165) is 11.8 Å². The molecule has 0 unspecified atom stereocenters. The topological polar surface area (TPSA) is 118 Å². The lowest BCUT2D eigenvalue weighted by Crippen LogP contribution is -2.46. The second-order valence-electron chi connectivity index (χ2n) is 6.33. The second kappa shape index (κ2) is 8.45. The zero-order valence-corrected chi connectivity index (χ0v) is 14.6. The quantitative estimate of drug-likeness (QED) is 0.592. The minimum Gasteiger partial charge on any atom is -0.395 e. The third-order valence-electron chi connectivity index (χ3n) is 4.34. The third kappa shape index (κ3) is 5.14. The van der Waals surface area contributed by atoms with E-state index in [-0.39, 0.29) is 17.7 Å². The van der Waals surface area contributed by atoms with Gasteiger partial charge in [-0.05, 0) is 31.0 Å². The minimum absolute atomic E-state index is 0.0601. The van der Waals surface area contributed by atoms with Crippen LogP contribution in [-0.2, 0) is 4.79 Å². The van der Waals surface area contributed by atoms with Crippen molar-refractivity contribution in [2.24, 2.45) is 0 Å². The number of benzene rings is 1. The number of amides is 2. The van der Waals surface area contributed by atoms with E-state index >= 15 is 0 Å². The minimum atomic E-state index is -0.685. The summed E-state index contributed by atoms with van der Waals surface area (Å²) in [7, 11) is 0. The molecule has 2 aromatic rings. The number of anilines is 1. The highest BCUT2D eigenvalue weighted by molar-refractivity contribution is 5.92. The van der Waals surface area contributed by atoms with Crippen molar-refractivity contribution in [1.82, 2.24) is 10.2 Å². The first kappa shape index (κ1) is 18.6. The van der Waals surface area contributed by atoms with Gasteiger partial charge in [-0.3, -0.25) is 24.6 Å². The van der Waals surface area contributed by atoms with Crippen molar-refractivity contribution < 1.29 is 18.9 Å². The van der Waals surface area contributed by atoms with Crippen LogP contribution in [0.25, 0.3) is 0 Å². The first-order valence-corrected chi connectivity index (χ1v) is 8.63. The molecule has 1 aromatic carbocycles. The van der Waals surface area contributed by atoms with Crippen molar-refractivity contribution in [3.8, 4) is 0 Å². The predicted molar refractivity (Wildman–Crippen MR) is 97.4 cm³/mol. The first-order chi connectivity index (χ1) is 13.0. The number of nitro groups is 1. The Labute approximate surface area is 155 Å². The molecule has 2 amide bonds. The molecule has 27 heavy (non-hydrogen) atoms. The molecular weight excluding hydrogens is 352 g/mol. The van der Waals surface area contributed by atoms with Crippen molar-refractivity contribution >= 4 is 23.4 Å². The molecule has 2 heterocycles. The summed E-state index contributed by atoms with van der Waals surface area (Å²) >= 11 is 0. The molecule has 1 aliphatic heterocycles. The molecule has 1 aromatic heterocycles. The van der Waals surface area contributed by atoms with E-state index in [1.54, 1.807) is 0 Å². The second-order valence-corrected chi connectivity index (χ2v) is 6.33.